The molecule has 8 heteroatoms. The first-order valence-electron chi connectivity index (χ1n) is 8.46. The van der Waals surface area contributed by atoms with Gasteiger partial charge in [0.05, 0.1) is 19.3 Å². The molecule has 27 heavy (non-hydrogen) atoms. The Kier molecular flexibility index (Phi) is 6.08. The summed E-state index contributed by atoms with van der Waals surface area (Å²) in [5.74, 6) is -1.28. The first-order chi connectivity index (χ1) is 13.0. The minimum Gasteiger partial charge on any atom is -0.386 e. The van der Waals surface area contributed by atoms with Crippen LogP contribution in [0.4, 0.5) is 13.2 Å². The first kappa shape index (κ1) is 19.3. The zero-order valence-corrected chi connectivity index (χ0v) is 14.3. The molecule has 144 valence electrons. The van der Waals surface area contributed by atoms with Gasteiger partial charge in [-0.25, -0.2) is 4.39 Å². The lowest BCUT2D eigenvalue weighted by molar-refractivity contribution is -0.133. The van der Waals surface area contributed by atoms with E-state index in [-0.39, 0.29) is 0 Å². The fourth-order valence-electron chi connectivity index (χ4n) is 2.78. The van der Waals surface area contributed by atoms with E-state index >= 15 is 0 Å². The highest BCUT2D eigenvalue weighted by molar-refractivity contribution is 5.79. The molecule has 3 rings (SSSR count). The number of aliphatic hydroxyl groups is 1. The lowest BCUT2D eigenvalue weighted by Crippen LogP contribution is -2.43. The number of halogens is 3. The number of alkyl halides is 3. The number of pyridine rings is 1. The van der Waals surface area contributed by atoms with Crippen molar-refractivity contribution in [2.45, 2.75) is 24.5 Å². The number of aromatic nitrogens is 1. The van der Waals surface area contributed by atoms with Crippen molar-refractivity contribution >= 4 is 5.91 Å². The van der Waals surface area contributed by atoms with Gasteiger partial charge in [-0.05, 0) is 17.2 Å². The van der Waals surface area contributed by atoms with Crippen LogP contribution >= 0.6 is 0 Å². The van der Waals surface area contributed by atoms with E-state index in [2.05, 4.69) is 4.98 Å². The fraction of sp³-hybridized carbons (Fsp3) is 0.368. The largest absolute Gasteiger partial charge is 0.386 e. The number of benzene rings is 1. The zero-order chi connectivity index (χ0) is 19.4. The number of nitrogens with zero attached hydrogens (tertiary/aromatic N) is 1. The zero-order valence-electron chi connectivity index (χ0n) is 14.3. The summed E-state index contributed by atoms with van der Waals surface area (Å²) in [6.45, 7) is 0.186. The standard InChI is InChI=1S/C19H19F3N2O3/c20-7-16(24-19(26)18(21)22)17(25)12-3-1-11(2-4-12)13-5-6-15(23-8-13)14-9-27-10-14/h1-6,8,14,16-18,25H,7,9-10H2,(H,24,26). The molecule has 1 saturated heterocycles. The number of aliphatic hydroxyl groups excluding tert-OH is 1. The van der Waals surface area contributed by atoms with Crippen molar-refractivity contribution in [3.63, 3.8) is 0 Å². The van der Waals surface area contributed by atoms with Gasteiger partial charge in [-0.3, -0.25) is 9.78 Å². The Hall–Kier alpha value is -2.45. The normalized spacial score (nSPS) is 16.6. The Balaban J connectivity index is 1.69. The van der Waals surface area contributed by atoms with Crippen molar-refractivity contribution in [3.05, 3.63) is 53.9 Å². The number of amides is 1. The van der Waals surface area contributed by atoms with Gasteiger partial charge in [0.25, 0.3) is 5.91 Å². The molecule has 0 bridgehead atoms. The third-order valence-electron chi connectivity index (χ3n) is 4.50. The van der Waals surface area contributed by atoms with Crippen LogP contribution in [0.5, 0.6) is 0 Å². The van der Waals surface area contributed by atoms with E-state index < -0.39 is 31.2 Å². The summed E-state index contributed by atoms with van der Waals surface area (Å²) < 4.78 is 42.8. The molecule has 0 spiro atoms. The SMILES string of the molecule is O=C(NC(CF)C(O)c1ccc(-c2ccc(C3COC3)nc2)cc1)C(F)F. The number of hydrogen-bond acceptors (Lipinski definition) is 4. The second-order valence-electron chi connectivity index (χ2n) is 6.34. The van der Waals surface area contributed by atoms with Crippen molar-refractivity contribution in [3.8, 4) is 11.1 Å². The molecule has 2 N–H and O–H groups in total. The Morgan fingerprint density at radius 2 is 1.85 bits per heavy atom. The van der Waals surface area contributed by atoms with Crippen molar-refractivity contribution < 1.29 is 27.8 Å². The predicted molar refractivity (Wildman–Crippen MR) is 92.1 cm³/mol. The van der Waals surface area contributed by atoms with Crippen LogP contribution in [0, 0.1) is 0 Å². The lowest BCUT2D eigenvalue weighted by Gasteiger charge is -2.25. The summed E-state index contributed by atoms with van der Waals surface area (Å²) in [7, 11) is 0. The second-order valence-corrected chi connectivity index (χ2v) is 6.34. The molecule has 2 aromatic rings. The van der Waals surface area contributed by atoms with Crippen LogP contribution in [0.3, 0.4) is 0 Å². The van der Waals surface area contributed by atoms with Gasteiger partial charge in [0.1, 0.15) is 12.8 Å². The summed E-state index contributed by atoms with van der Waals surface area (Å²) >= 11 is 0. The topological polar surface area (TPSA) is 71.5 Å². The monoisotopic (exact) mass is 380 g/mol. The van der Waals surface area contributed by atoms with E-state index in [1.807, 2.05) is 12.1 Å². The Labute approximate surface area is 154 Å². The van der Waals surface area contributed by atoms with E-state index in [1.165, 1.54) is 0 Å². The summed E-state index contributed by atoms with van der Waals surface area (Å²) in [5, 5.41) is 12.0. The van der Waals surface area contributed by atoms with Gasteiger partial charge in [0.2, 0.25) is 0 Å². The van der Waals surface area contributed by atoms with Crippen molar-refractivity contribution in [1.82, 2.24) is 10.3 Å². The Bertz CT molecular complexity index is 765. The maximum Gasteiger partial charge on any atom is 0.315 e. The van der Waals surface area contributed by atoms with Gasteiger partial charge >= 0.3 is 6.43 Å². The molecule has 1 aromatic carbocycles. The minimum atomic E-state index is -3.27. The number of hydrogen-bond donors (Lipinski definition) is 2. The number of nitrogens with one attached hydrogen (secondary N) is 1. The summed E-state index contributed by atoms with van der Waals surface area (Å²) in [5.41, 5.74) is 2.99. The molecule has 2 heterocycles. The molecule has 1 amide bonds. The van der Waals surface area contributed by atoms with Gasteiger partial charge < -0.3 is 15.2 Å². The van der Waals surface area contributed by atoms with Crippen molar-refractivity contribution in [1.29, 1.82) is 0 Å². The van der Waals surface area contributed by atoms with Gasteiger partial charge in [0, 0.05) is 23.4 Å². The van der Waals surface area contributed by atoms with Crippen LogP contribution in [0.1, 0.15) is 23.3 Å². The van der Waals surface area contributed by atoms with Gasteiger partial charge in [0.15, 0.2) is 0 Å². The number of carbonyl (C=O) groups is 1. The first-order valence-corrected chi connectivity index (χ1v) is 8.46. The van der Waals surface area contributed by atoms with E-state index in [9.17, 15) is 23.1 Å². The molecular formula is C19H19F3N2O3. The molecule has 1 aliphatic heterocycles. The third-order valence-corrected chi connectivity index (χ3v) is 4.50. The van der Waals surface area contributed by atoms with Crippen LogP contribution < -0.4 is 5.32 Å². The molecule has 2 atom stereocenters. The highest BCUT2D eigenvalue weighted by atomic mass is 19.3. The van der Waals surface area contributed by atoms with Gasteiger partial charge in [-0.2, -0.15) is 8.78 Å². The number of ether oxygens (including phenoxy) is 1. The van der Waals surface area contributed by atoms with Crippen LogP contribution in [0.15, 0.2) is 42.6 Å². The van der Waals surface area contributed by atoms with Crippen LogP contribution in [-0.4, -0.2) is 48.4 Å². The molecule has 0 saturated carbocycles. The smallest absolute Gasteiger partial charge is 0.315 e. The van der Waals surface area contributed by atoms with Crippen LogP contribution in [-0.2, 0) is 9.53 Å². The predicted octanol–water partition coefficient (Wildman–Crippen LogP) is 2.62. The summed E-state index contributed by atoms with van der Waals surface area (Å²) in [6, 6.07) is 8.97. The van der Waals surface area contributed by atoms with Crippen LogP contribution in [0.2, 0.25) is 0 Å². The molecule has 0 radical (unpaired) electrons. The molecular weight excluding hydrogens is 361 g/mol. The highest BCUT2D eigenvalue weighted by Crippen LogP contribution is 2.26. The van der Waals surface area contributed by atoms with Crippen molar-refractivity contribution in [2.75, 3.05) is 19.9 Å². The highest BCUT2D eigenvalue weighted by Gasteiger charge is 2.26. The van der Waals surface area contributed by atoms with Gasteiger partial charge in [-0.15, -0.1) is 0 Å². The second kappa shape index (κ2) is 8.49. The van der Waals surface area contributed by atoms with Gasteiger partial charge in [-0.1, -0.05) is 30.3 Å². The van der Waals surface area contributed by atoms with Crippen LogP contribution in [0.25, 0.3) is 11.1 Å². The molecule has 1 aromatic heterocycles. The van der Waals surface area contributed by atoms with E-state index in [0.29, 0.717) is 24.7 Å². The average molecular weight is 380 g/mol. The number of carbonyl (C=O) groups excluding carboxylic acids is 1. The average Bonchev–Trinajstić information content (AvgIpc) is 2.64. The quantitative estimate of drug-likeness (QED) is 0.775. The summed E-state index contributed by atoms with van der Waals surface area (Å²) in [4.78, 5) is 15.5. The minimum absolute atomic E-state index is 0.312. The molecule has 5 nitrogen and oxygen atoms in total. The molecule has 1 aliphatic rings. The van der Waals surface area contributed by atoms with E-state index in [1.54, 1.807) is 35.8 Å². The Morgan fingerprint density at radius 1 is 1.19 bits per heavy atom. The number of rotatable bonds is 7. The van der Waals surface area contributed by atoms with E-state index in [4.69, 9.17) is 4.74 Å². The molecule has 1 fully saturated rings. The lowest BCUT2D eigenvalue weighted by atomic mass is 9.98. The molecule has 0 aliphatic carbocycles. The third kappa shape index (κ3) is 4.45. The maximum atomic E-state index is 13.1. The fourth-order valence-corrected chi connectivity index (χ4v) is 2.78. The summed E-state index contributed by atoms with van der Waals surface area (Å²) in [6.07, 6.45) is -2.96. The van der Waals surface area contributed by atoms with Crippen molar-refractivity contribution in [2.24, 2.45) is 0 Å². The van der Waals surface area contributed by atoms with E-state index in [0.717, 1.165) is 16.8 Å². The maximum absolute atomic E-state index is 13.1. The Morgan fingerprint density at radius 3 is 2.33 bits per heavy atom. The molecule has 2 unspecified atom stereocenters.